The van der Waals surface area contributed by atoms with E-state index in [2.05, 4.69) is 26.6 Å². The van der Waals surface area contributed by atoms with Gasteiger partial charge in [0.25, 0.3) is 5.91 Å². The minimum atomic E-state index is -0.833. The third-order valence-electron chi connectivity index (χ3n) is 3.45. The van der Waals surface area contributed by atoms with E-state index in [0.717, 1.165) is 10.0 Å². The molecule has 2 aromatic rings. The molecule has 1 atom stereocenters. The van der Waals surface area contributed by atoms with Gasteiger partial charge in [-0.25, -0.2) is 0 Å². The second-order valence-electron chi connectivity index (χ2n) is 5.35. The molecule has 0 aromatic heterocycles. The van der Waals surface area contributed by atoms with E-state index in [0.29, 0.717) is 17.1 Å². The fourth-order valence-corrected chi connectivity index (χ4v) is 2.58. The molecule has 2 N–H and O–H groups in total. The van der Waals surface area contributed by atoms with Crippen LogP contribution in [0, 0.1) is 6.92 Å². The van der Waals surface area contributed by atoms with Gasteiger partial charge in [-0.3, -0.25) is 9.59 Å². The quantitative estimate of drug-likeness (QED) is 0.863. The van der Waals surface area contributed by atoms with Crippen LogP contribution in [0.1, 0.15) is 12.0 Å². The molecule has 3 rings (SSSR count). The lowest BCUT2D eigenvalue weighted by Crippen LogP contribution is -2.39. The van der Waals surface area contributed by atoms with E-state index >= 15 is 0 Å². The Labute approximate surface area is 142 Å². The fraction of sp³-hybridized carbons (Fsp3) is 0.176. The molecular formula is C17H15BrN2O3. The van der Waals surface area contributed by atoms with Crippen molar-refractivity contribution in [2.24, 2.45) is 0 Å². The lowest BCUT2D eigenvalue weighted by Gasteiger charge is -2.25. The number of carbonyl (C=O) groups is 2. The number of benzene rings is 2. The molecule has 1 aliphatic rings. The van der Waals surface area contributed by atoms with Crippen LogP contribution >= 0.6 is 15.9 Å². The Morgan fingerprint density at radius 2 is 2.00 bits per heavy atom. The summed E-state index contributed by atoms with van der Waals surface area (Å²) in [6, 6.07) is 12.8. The molecular weight excluding hydrogens is 360 g/mol. The van der Waals surface area contributed by atoms with Gasteiger partial charge in [0.1, 0.15) is 5.75 Å². The molecule has 1 aliphatic heterocycles. The monoisotopic (exact) mass is 374 g/mol. The van der Waals surface area contributed by atoms with Crippen LogP contribution in [0.3, 0.4) is 0 Å². The lowest BCUT2D eigenvalue weighted by molar-refractivity contribution is -0.128. The summed E-state index contributed by atoms with van der Waals surface area (Å²) in [6.45, 7) is 1.93. The standard InChI is InChI=1S/C17H15BrN2O3/c1-10-2-7-14-13(8-10)20-17(22)15(23-14)9-16(21)19-12-5-3-11(18)4-6-12/h2-8,15H,9H2,1H3,(H,19,21)(H,20,22). The minimum absolute atomic E-state index is 0.0464. The molecule has 2 aromatic carbocycles. The van der Waals surface area contributed by atoms with Crippen molar-refractivity contribution in [1.82, 2.24) is 0 Å². The number of aryl methyl sites for hydroxylation is 1. The molecule has 0 spiro atoms. The molecule has 0 bridgehead atoms. The summed E-state index contributed by atoms with van der Waals surface area (Å²) in [5.41, 5.74) is 2.34. The molecule has 0 radical (unpaired) electrons. The van der Waals surface area contributed by atoms with E-state index in [1.54, 1.807) is 18.2 Å². The van der Waals surface area contributed by atoms with Crippen molar-refractivity contribution in [1.29, 1.82) is 0 Å². The normalized spacial score (nSPS) is 16.1. The number of carbonyl (C=O) groups excluding carboxylic acids is 2. The maximum atomic E-state index is 12.1. The molecule has 23 heavy (non-hydrogen) atoms. The summed E-state index contributed by atoms with van der Waals surface area (Å²) in [7, 11) is 0. The predicted molar refractivity (Wildman–Crippen MR) is 91.6 cm³/mol. The van der Waals surface area contributed by atoms with Crippen LogP contribution < -0.4 is 15.4 Å². The first-order valence-corrected chi connectivity index (χ1v) is 7.94. The van der Waals surface area contributed by atoms with E-state index < -0.39 is 6.10 Å². The van der Waals surface area contributed by atoms with Gasteiger partial charge in [0, 0.05) is 10.2 Å². The van der Waals surface area contributed by atoms with Crippen molar-refractivity contribution >= 4 is 39.1 Å². The number of hydrogen-bond donors (Lipinski definition) is 2. The largest absolute Gasteiger partial charge is 0.478 e. The number of ether oxygens (including phenoxy) is 1. The van der Waals surface area contributed by atoms with Crippen LogP contribution in [-0.4, -0.2) is 17.9 Å². The summed E-state index contributed by atoms with van der Waals surface area (Å²) in [5.74, 6) is -0.00580. The number of amides is 2. The van der Waals surface area contributed by atoms with Gasteiger partial charge in [-0.15, -0.1) is 0 Å². The van der Waals surface area contributed by atoms with E-state index in [9.17, 15) is 9.59 Å². The third kappa shape index (κ3) is 3.71. The van der Waals surface area contributed by atoms with Crippen molar-refractivity contribution in [2.75, 3.05) is 10.6 Å². The maximum Gasteiger partial charge on any atom is 0.266 e. The molecule has 0 saturated heterocycles. The average Bonchev–Trinajstić information content (AvgIpc) is 2.50. The number of rotatable bonds is 3. The van der Waals surface area contributed by atoms with E-state index in [1.165, 1.54) is 0 Å². The summed E-state index contributed by atoms with van der Waals surface area (Å²) in [6.07, 6.45) is -0.879. The highest BCUT2D eigenvalue weighted by Crippen LogP contribution is 2.31. The van der Waals surface area contributed by atoms with Gasteiger partial charge < -0.3 is 15.4 Å². The lowest BCUT2D eigenvalue weighted by atomic mass is 10.1. The molecule has 1 heterocycles. The Kier molecular flexibility index (Phi) is 4.34. The molecule has 0 aliphatic carbocycles. The topological polar surface area (TPSA) is 67.4 Å². The zero-order valence-corrected chi connectivity index (χ0v) is 14.0. The number of anilines is 2. The minimum Gasteiger partial charge on any atom is -0.478 e. The number of nitrogens with one attached hydrogen (secondary N) is 2. The first-order valence-electron chi connectivity index (χ1n) is 7.15. The fourth-order valence-electron chi connectivity index (χ4n) is 2.31. The van der Waals surface area contributed by atoms with Crippen LogP contribution in [0.5, 0.6) is 5.75 Å². The summed E-state index contributed by atoms with van der Waals surface area (Å²) in [5, 5.41) is 5.53. The molecule has 5 nitrogen and oxygen atoms in total. The maximum absolute atomic E-state index is 12.1. The highest BCUT2D eigenvalue weighted by molar-refractivity contribution is 9.10. The Morgan fingerprint density at radius 1 is 1.26 bits per heavy atom. The molecule has 0 fully saturated rings. The Morgan fingerprint density at radius 3 is 2.74 bits per heavy atom. The van der Waals surface area contributed by atoms with Crippen molar-refractivity contribution < 1.29 is 14.3 Å². The van der Waals surface area contributed by atoms with Gasteiger partial charge >= 0.3 is 0 Å². The highest BCUT2D eigenvalue weighted by Gasteiger charge is 2.29. The number of hydrogen-bond acceptors (Lipinski definition) is 3. The first kappa shape index (κ1) is 15.6. The third-order valence-corrected chi connectivity index (χ3v) is 3.98. The van der Waals surface area contributed by atoms with Crippen LogP contribution in [0.4, 0.5) is 11.4 Å². The van der Waals surface area contributed by atoms with E-state index in [-0.39, 0.29) is 18.2 Å². The molecule has 6 heteroatoms. The van der Waals surface area contributed by atoms with Gasteiger partial charge in [-0.1, -0.05) is 22.0 Å². The van der Waals surface area contributed by atoms with Crippen LogP contribution in [-0.2, 0) is 9.59 Å². The Balaban J connectivity index is 1.66. The Bertz CT molecular complexity index is 759. The zero-order chi connectivity index (χ0) is 16.4. The zero-order valence-electron chi connectivity index (χ0n) is 12.4. The predicted octanol–water partition coefficient (Wildman–Crippen LogP) is 3.49. The molecule has 1 unspecified atom stereocenters. The highest BCUT2D eigenvalue weighted by atomic mass is 79.9. The van der Waals surface area contributed by atoms with Gasteiger partial charge in [-0.2, -0.15) is 0 Å². The van der Waals surface area contributed by atoms with Gasteiger partial charge in [0.2, 0.25) is 5.91 Å². The van der Waals surface area contributed by atoms with E-state index in [1.807, 2.05) is 31.2 Å². The Hall–Kier alpha value is -2.34. The average molecular weight is 375 g/mol. The van der Waals surface area contributed by atoms with E-state index in [4.69, 9.17) is 4.74 Å². The molecule has 0 saturated carbocycles. The van der Waals surface area contributed by atoms with Crippen LogP contribution in [0.15, 0.2) is 46.9 Å². The van der Waals surface area contributed by atoms with Gasteiger partial charge in [0.15, 0.2) is 6.10 Å². The first-order chi connectivity index (χ1) is 11.0. The van der Waals surface area contributed by atoms with Crippen molar-refractivity contribution in [2.45, 2.75) is 19.4 Å². The van der Waals surface area contributed by atoms with Crippen molar-refractivity contribution in [3.05, 3.63) is 52.5 Å². The summed E-state index contributed by atoms with van der Waals surface area (Å²) in [4.78, 5) is 24.2. The second kappa shape index (κ2) is 6.42. The summed E-state index contributed by atoms with van der Waals surface area (Å²) < 4.78 is 6.57. The molecule has 2 amide bonds. The smallest absolute Gasteiger partial charge is 0.266 e. The van der Waals surface area contributed by atoms with Crippen LogP contribution in [0.2, 0.25) is 0 Å². The molecule has 118 valence electrons. The second-order valence-corrected chi connectivity index (χ2v) is 6.27. The number of fused-ring (bicyclic) bond motifs is 1. The van der Waals surface area contributed by atoms with Crippen LogP contribution in [0.25, 0.3) is 0 Å². The SMILES string of the molecule is Cc1ccc2c(c1)NC(=O)C(CC(=O)Nc1ccc(Br)cc1)O2. The van der Waals surface area contributed by atoms with Crippen molar-refractivity contribution in [3.8, 4) is 5.75 Å². The number of halogens is 1. The summed E-state index contributed by atoms with van der Waals surface area (Å²) >= 11 is 3.33. The van der Waals surface area contributed by atoms with Gasteiger partial charge in [-0.05, 0) is 48.9 Å². The van der Waals surface area contributed by atoms with Gasteiger partial charge in [0.05, 0.1) is 12.1 Å². The van der Waals surface area contributed by atoms with Crippen molar-refractivity contribution in [3.63, 3.8) is 0 Å².